The zero-order valence-electron chi connectivity index (χ0n) is 11.9. The quantitative estimate of drug-likeness (QED) is 0.820. The number of aromatic nitrogens is 1. The van der Waals surface area contributed by atoms with Gasteiger partial charge in [0.1, 0.15) is 11.1 Å². The maximum atomic E-state index is 14.0. The van der Waals surface area contributed by atoms with Crippen molar-refractivity contribution in [1.29, 1.82) is 0 Å². The van der Waals surface area contributed by atoms with Crippen LogP contribution in [0.15, 0.2) is 22.8 Å². The topological polar surface area (TPSA) is 51.2 Å². The lowest BCUT2D eigenvalue weighted by atomic mass is 10.1. The van der Waals surface area contributed by atoms with E-state index in [2.05, 4.69) is 26.2 Å². The van der Waals surface area contributed by atoms with Gasteiger partial charge in [-0.25, -0.2) is 9.18 Å². The Morgan fingerprint density at radius 2 is 2.19 bits per heavy atom. The third kappa shape index (κ3) is 3.32. The molecule has 2 aromatic rings. The second-order valence-corrected chi connectivity index (χ2v) is 5.39. The lowest BCUT2D eigenvalue weighted by Crippen LogP contribution is -2.12. The van der Waals surface area contributed by atoms with Crippen LogP contribution in [0.5, 0.6) is 0 Å². The van der Waals surface area contributed by atoms with E-state index in [1.165, 1.54) is 12.3 Å². The van der Waals surface area contributed by atoms with Gasteiger partial charge in [0.05, 0.1) is 12.3 Å². The molecule has 6 heteroatoms. The number of carbonyl (C=O) groups is 1. The third-order valence-electron chi connectivity index (χ3n) is 2.94. The molecule has 112 valence electrons. The molecule has 0 aliphatic heterocycles. The Hall–Kier alpha value is -1.69. The van der Waals surface area contributed by atoms with Crippen LogP contribution in [0.25, 0.3) is 10.9 Å². The zero-order valence-corrected chi connectivity index (χ0v) is 13.5. The van der Waals surface area contributed by atoms with E-state index in [9.17, 15) is 9.18 Å². The molecule has 0 saturated carbocycles. The number of ether oxygens (including phenoxy) is 1. The minimum atomic E-state index is -0.467. The molecule has 0 aliphatic carbocycles. The number of benzene rings is 1. The van der Waals surface area contributed by atoms with Crippen LogP contribution in [-0.2, 0) is 4.74 Å². The van der Waals surface area contributed by atoms with E-state index in [0.717, 1.165) is 6.42 Å². The van der Waals surface area contributed by atoms with Crippen molar-refractivity contribution in [2.24, 2.45) is 0 Å². The molecule has 1 N–H and O–H groups in total. The van der Waals surface area contributed by atoms with Crippen molar-refractivity contribution in [1.82, 2.24) is 4.98 Å². The number of hydrogen-bond acceptors (Lipinski definition) is 4. The smallest absolute Gasteiger partial charge is 0.341 e. The van der Waals surface area contributed by atoms with Gasteiger partial charge in [0.2, 0.25) is 0 Å². The SMILES string of the molecule is CCCNc1c(C(=O)OCC)cnc2c(F)cc(Br)cc12. The molecule has 4 nitrogen and oxygen atoms in total. The predicted molar refractivity (Wildman–Crippen MR) is 84.1 cm³/mol. The highest BCUT2D eigenvalue weighted by Gasteiger charge is 2.18. The lowest BCUT2D eigenvalue weighted by Gasteiger charge is -2.14. The van der Waals surface area contributed by atoms with Gasteiger partial charge in [0.25, 0.3) is 0 Å². The fraction of sp³-hybridized carbons (Fsp3) is 0.333. The van der Waals surface area contributed by atoms with Gasteiger partial charge in [-0.3, -0.25) is 4.98 Å². The minimum absolute atomic E-state index is 0.227. The summed E-state index contributed by atoms with van der Waals surface area (Å²) in [5, 5.41) is 3.73. The normalized spacial score (nSPS) is 10.7. The Kier molecular flexibility index (Phi) is 5.12. The van der Waals surface area contributed by atoms with Gasteiger partial charge in [-0.15, -0.1) is 0 Å². The molecule has 0 unspecified atom stereocenters. The fourth-order valence-corrected chi connectivity index (χ4v) is 2.46. The predicted octanol–water partition coefficient (Wildman–Crippen LogP) is 4.14. The molecule has 1 aromatic carbocycles. The van der Waals surface area contributed by atoms with Crippen LogP contribution in [0.4, 0.5) is 10.1 Å². The maximum Gasteiger partial charge on any atom is 0.341 e. The van der Waals surface area contributed by atoms with Crippen LogP contribution >= 0.6 is 15.9 Å². The molecule has 0 atom stereocenters. The molecule has 1 aromatic heterocycles. The molecule has 0 spiro atoms. The van der Waals surface area contributed by atoms with E-state index in [-0.39, 0.29) is 12.1 Å². The van der Waals surface area contributed by atoms with E-state index in [1.54, 1.807) is 13.0 Å². The van der Waals surface area contributed by atoms with E-state index in [0.29, 0.717) is 27.7 Å². The third-order valence-corrected chi connectivity index (χ3v) is 3.39. The van der Waals surface area contributed by atoms with Crippen molar-refractivity contribution in [2.45, 2.75) is 20.3 Å². The second kappa shape index (κ2) is 6.85. The summed E-state index contributed by atoms with van der Waals surface area (Å²) < 4.78 is 19.6. The molecule has 0 bridgehead atoms. The van der Waals surface area contributed by atoms with Crippen molar-refractivity contribution in [3.63, 3.8) is 0 Å². The van der Waals surface area contributed by atoms with Gasteiger partial charge >= 0.3 is 5.97 Å². The molecule has 0 amide bonds. The molecule has 21 heavy (non-hydrogen) atoms. The van der Waals surface area contributed by atoms with E-state index < -0.39 is 11.8 Å². The Morgan fingerprint density at radius 3 is 2.86 bits per heavy atom. The van der Waals surface area contributed by atoms with Gasteiger partial charge in [-0.2, -0.15) is 0 Å². The molecule has 0 radical (unpaired) electrons. The van der Waals surface area contributed by atoms with E-state index >= 15 is 0 Å². The molecule has 2 rings (SSSR count). The molecular formula is C15H16BrFN2O2. The molecule has 0 aliphatic rings. The standard InChI is InChI=1S/C15H16BrFN2O2/c1-3-5-18-13-10-6-9(16)7-12(17)14(10)19-8-11(13)15(20)21-4-2/h6-8H,3-5H2,1-2H3,(H,18,19). The first-order valence-corrected chi connectivity index (χ1v) is 7.56. The first-order valence-electron chi connectivity index (χ1n) is 6.77. The van der Waals surface area contributed by atoms with Gasteiger partial charge < -0.3 is 10.1 Å². The van der Waals surface area contributed by atoms with Crippen LogP contribution in [0.2, 0.25) is 0 Å². The Labute approximate surface area is 130 Å². The highest BCUT2D eigenvalue weighted by Crippen LogP contribution is 2.31. The summed E-state index contributed by atoms with van der Waals surface area (Å²) in [5.41, 5.74) is 1.10. The fourth-order valence-electron chi connectivity index (χ4n) is 2.03. The minimum Gasteiger partial charge on any atom is -0.462 e. The lowest BCUT2D eigenvalue weighted by molar-refractivity contribution is 0.0527. The maximum absolute atomic E-state index is 14.0. The Bertz CT molecular complexity index is 676. The van der Waals surface area contributed by atoms with Gasteiger partial charge in [-0.1, -0.05) is 22.9 Å². The van der Waals surface area contributed by atoms with Crippen LogP contribution in [-0.4, -0.2) is 24.1 Å². The molecule has 0 fully saturated rings. The van der Waals surface area contributed by atoms with Crippen LogP contribution in [0.1, 0.15) is 30.6 Å². The Morgan fingerprint density at radius 1 is 1.43 bits per heavy atom. The second-order valence-electron chi connectivity index (χ2n) is 4.48. The van der Waals surface area contributed by atoms with E-state index in [1.807, 2.05) is 6.92 Å². The van der Waals surface area contributed by atoms with Gasteiger partial charge in [-0.05, 0) is 25.5 Å². The number of hydrogen-bond donors (Lipinski definition) is 1. The van der Waals surface area contributed by atoms with E-state index in [4.69, 9.17) is 4.74 Å². The number of nitrogens with one attached hydrogen (secondary N) is 1. The summed E-state index contributed by atoms with van der Waals surface area (Å²) in [6.07, 6.45) is 2.23. The molecule has 1 heterocycles. The number of fused-ring (bicyclic) bond motifs is 1. The zero-order chi connectivity index (χ0) is 15.4. The average molecular weight is 355 g/mol. The Balaban J connectivity index is 2.66. The van der Waals surface area contributed by atoms with Crippen LogP contribution < -0.4 is 5.32 Å². The number of halogens is 2. The van der Waals surface area contributed by atoms with Crippen molar-refractivity contribution >= 4 is 38.5 Å². The number of esters is 1. The first kappa shape index (κ1) is 15.7. The average Bonchev–Trinajstić information content (AvgIpc) is 2.44. The van der Waals surface area contributed by atoms with Crippen LogP contribution in [0, 0.1) is 5.82 Å². The largest absolute Gasteiger partial charge is 0.462 e. The van der Waals surface area contributed by atoms with Crippen molar-refractivity contribution in [3.8, 4) is 0 Å². The number of pyridine rings is 1. The van der Waals surface area contributed by atoms with Crippen LogP contribution in [0.3, 0.4) is 0 Å². The summed E-state index contributed by atoms with van der Waals surface area (Å²) in [5.74, 6) is -0.903. The highest BCUT2D eigenvalue weighted by atomic mass is 79.9. The van der Waals surface area contributed by atoms with Crippen molar-refractivity contribution < 1.29 is 13.9 Å². The highest BCUT2D eigenvalue weighted by molar-refractivity contribution is 9.10. The number of anilines is 1. The summed E-state index contributed by atoms with van der Waals surface area (Å²) in [4.78, 5) is 16.1. The van der Waals surface area contributed by atoms with Gasteiger partial charge in [0.15, 0.2) is 5.82 Å². The summed E-state index contributed by atoms with van der Waals surface area (Å²) in [7, 11) is 0. The number of nitrogens with zero attached hydrogens (tertiary/aromatic N) is 1. The van der Waals surface area contributed by atoms with Crippen molar-refractivity contribution in [2.75, 3.05) is 18.5 Å². The summed E-state index contributed by atoms with van der Waals surface area (Å²) in [6, 6.07) is 3.09. The summed E-state index contributed by atoms with van der Waals surface area (Å²) in [6.45, 7) is 4.69. The number of carbonyl (C=O) groups excluding carboxylic acids is 1. The monoisotopic (exact) mass is 354 g/mol. The van der Waals surface area contributed by atoms with Crippen molar-refractivity contribution in [3.05, 3.63) is 34.2 Å². The van der Waals surface area contributed by atoms with Gasteiger partial charge in [0, 0.05) is 22.6 Å². The number of rotatable bonds is 5. The first-order chi connectivity index (χ1) is 10.1. The summed E-state index contributed by atoms with van der Waals surface area (Å²) >= 11 is 3.27. The molecular weight excluding hydrogens is 339 g/mol. The molecule has 0 saturated heterocycles.